The fourth-order valence-corrected chi connectivity index (χ4v) is 13.0. The summed E-state index contributed by atoms with van der Waals surface area (Å²) in [6.45, 7) is 14.1. The SMILES string of the molecule is CC1OC(OC2CCC3(C)C(CCC4(C)C3OC=C3C5CC(C)(C)CCC5(CO)C(O)CC34C)C2(C)CO)C(O)C(OC2OC(CO)C(O)C(O)C2O)C1O. The third-order valence-corrected chi connectivity index (χ3v) is 16.8. The van der Waals surface area contributed by atoms with Crippen LogP contribution >= 0.6 is 0 Å². The van der Waals surface area contributed by atoms with E-state index >= 15 is 0 Å². The van der Waals surface area contributed by atoms with E-state index in [4.69, 9.17) is 23.7 Å². The minimum absolute atomic E-state index is 0.00138. The lowest BCUT2D eigenvalue weighted by Crippen LogP contribution is -2.70. The highest BCUT2D eigenvalue weighted by molar-refractivity contribution is 5.34. The Hall–Kier alpha value is -0.980. The van der Waals surface area contributed by atoms with Crippen molar-refractivity contribution in [2.75, 3.05) is 19.8 Å². The molecule has 20 unspecified atom stereocenters. The van der Waals surface area contributed by atoms with Crippen molar-refractivity contribution < 1.29 is 69.6 Å². The lowest BCUT2D eigenvalue weighted by Gasteiger charge is -2.71. The molecule has 0 aromatic carbocycles. The van der Waals surface area contributed by atoms with Crippen LogP contribution in [-0.4, -0.2) is 146 Å². The van der Waals surface area contributed by atoms with E-state index in [0.29, 0.717) is 19.3 Å². The van der Waals surface area contributed by atoms with Gasteiger partial charge in [0.25, 0.3) is 0 Å². The molecule has 0 bridgehead atoms. The minimum Gasteiger partial charge on any atom is -0.497 e. The number of hydrogen-bond acceptors (Lipinski definition) is 14. The molecule has 6 fully saturated rings. The zero-order chi connectivity index (χ0) is 40.3. The van der Waals surface area contributed by atoms with Crippen LogP contribution in [0.25, 0.3) is 0 Å². The lowest BCUT2D eigenvalue weighted by molar-refractivity contribution is -0.368. The largest absolute Gasteiger partial charge is 0.497 e. The molecule has 7 aliphatic rings. The van der Waals surface area contributed by atoms with Crippen LogP contribution in [0.2, 0.25) is 0 Å². The van der Waals surface area contributed by atoms with Crippen molar-refractivity contribution in [2.45, 2.75) is 180 Å². The molecule has 3 aliphatic heterocycles. The third-order valence-electron chi connectivity index (χ3n) is 16.8. The standard InChI is InChI=1S/C41H68O14/c1-20-27(46)32(55-33-30(49)29(48)28(47)23(16-42)53-33)31(50)34(52-20)54-26-9-10-37(4)24(38(26,5)18-43)8-11-39(6)35(37)51-17-22-21-14-36(2,3)12-13-41(21,19-44)25(45)15-40(22,39)7/h17,20-21,23-35,42-50H,8-16,18-19H2,1-7H3. The Morgan fingerprint density at radius 2 is 1.42 bits per heavy atom. The number of aliphatic hydroxyl groups is 9. The summed E-state index contributed by atoms with van der Waals surface area (Å²) in [7, 11) is 0. The number of ether oxygens (including phenoxy) is 5. The van der Waals surface area contributed by atoms with Crippen LogP contribution < -0.4 is 0 Å². The average molecular weight is 785 g/mol. The summed E-state index contributed by atoms with van der Waals surface area (Å²) in [5.74, 6) is -0.0644. The second-order valence-corrected chi connectivity index (χ2v) is 20.3. The van der Waals surface area contributed by atoms with Gasteiger partial charge < -0.3 is 69.6 Å². The van der Waals surface area contributed by atoms with E-state index in [2.05, 4.69) is 34.6 Å². The molecule has 55 heavy (non-hydrogen) atoms. The van der Waals surface area contributed by atoms with Gasteiger partial charge in [0.1, 0.15) is 48.8 Å². The first kappa shape index (κ1) is 42.2. The van der Waals surface area contributed by atoms with Gasteiger partial charge in [-0.3, -0.25) is 0 Å². The second kappa shape index (κ2) is 14.3. The van der Waals surface area contributed by atoms with Crippen molar-refractivity contribution in [1.82, 2.24) is 0 Å². The van der Waals surface area contributed by atoms with Crippen LogP contribution in [0, 0.1) is 44.3 Å². The first-order chi connectivity index (χ1) is 25.7. The molecule has 3 heterocycles. The van der Waals surface area contributed by atoms with Crippen LogP contribution in [0.3, 0.4) is 0 Å². The smallest absolute Gasteiger partial charge is 0.187 e. The van der Waals surface area contributed by atoms with Crippen molar-refractivity contribution in [3.63, 3.8) is 0 Å². The van der Waals surface area contributed by atoms with Crippen LogP contribution in [0.5, 0.6) is 0 Å². The van der Waals surface area contributed by atoms with Crippen molar-refractivity contribution in [3.05, 3.63) is 11.8 Å². The topological polar surface area (TPSA) is 228 Å². The second-order valence-electron chi connectivity index (χ2n) is 20.3. The fraction of sp³-hybridized carbons (Fsp3) is 0.951. The van der Waals surface area contributed by atoms with E-state index in [1.165, 1.54) is 5.57 Å². The van der Waals surface area contributed by atoms with E-state index in [-0.39, 0.29) is 47.4 Å². The Kier molecular flexibility index (Phi) is 11.0. The molecule has 4 aliphatic carbocycles. The molecule has 9 N–H and O–H groups in total. The first-order valence-electron chi connectivity index (χ1n) is 20.6. The third kappa shape index (κ3) is 6.13. The highest BCUT2D eigenvalue weighted by Crippen LogP contribution is 2.73. The van der Waals surface area contributed by atoms with Gasteiger partial charge in [0, 0.05) is 27.1 Å². The lowest BCUT2D eigenvalue weighted by atomic mass is 9.36. The van der Waals surface area contributed by atoms with Gasteiger partial charge in [-0.05, 0) is 81.1 Å². The molecule has 316 valence electrons. The molecule has 0 spiro atoms. The van der Waals surface area contributed by atoms with Gasteiger partial charge in [-0.2, -0.15) is 0 Å². The van der Waals surface area contributed by atoms with Gasteiger partial charge >= 0.3 is 0 Å². The van der Waals surface area contributed by atoms with Crippen molar-refractivity contribution in [1.29, 1.82) is 0 Å². The first-order valence-corrected chi connectivity index (χ1v) is 20.6. The summed E-state index contributed by atoms with van der Waals surface area (Å²) in [6, 6.07) is 0. The summed E-state index contributed by atoms with van der Waals surface area (Å²) < 4.78 is 31.0. The molecule has 14 nitrogen and oxygen atoms in total. The number of aliphatic hydroxyl groups excluding tert-OH is 9. The number of hydrogen-bond donors (Lipinski definition) is 9. The molecule has 0 amide bonds. The van der Waals surface area contributed by atoms with Crippen molar-refractivity contribution in [2.24, 2.45) is 44.3 Å². The maximum atomic E-state index is 12.0. The molecule has 14 heteroatoms. The van der Waals surface area contributed by atoms with Crippen LogP contribution in [0.4, 0.5) is 0 Å². The van der Waals surface area contributed by atoms with Gasteiger partial charge in [0.05, 0.1) is 44.4 Å². The van der Waals surface area contributed by atoms with Crippen LogP contribution in [-0.2, 0) is 23.7 Å². The summed E-state index contributed by atoms with van der Waals surface area (Å²) >= 11 is 0. The molecule has 0 radical (unpaired) electrons. The summed E-state index contributed by atoms with van der Waals surface area (Å²) in [5.41, 5.74) is -1.23. The van der Waals surface area contributed by atoms with Gasteiger partial charge in [0.2, 0.25) is 0 Å². The molecule has 0 aromatic heterocycles. The minimum atomic E-state index is -1.74. The fourth-order valence-electron chi connectivity index (χ4n) is 13.0. The Bertz CT molecular complexity index is 1440. The number of fused-ring (bicyclic) bond motifs is 7. The molecule has 7 rings (SSSR count). The predicted octanol–water partition coefficient (Wildman–Crippen LogP) is 1.10. The number of allylic oxidation sites excluding steroid dienone is 1. The van der Waals surface area contributed by atoms with Gasteiger partial charge in [-0.15, -0.1) is 0 Å². The molecule has 20 atom stereocenters. The van der Waals surface area contributed by atoms with E-state index in [1.54, 1.807) is 6.92 Å². The van der Waals surface area contributed by atoms with E-state index < -0.39 is 96.5 Å². The zero-order valence-corrected chi connectivity index (χ0v) is 33.6. The zero-order valence-electron chi connectivity index (χ0n) is 33.6. The van der Waals surface area contributed by atoms with Gasteiger partial charge in [0.15, 0.2) is 12.6 Å². The maximum Gasteiger partial charge on any atom is 0.187 e. The molecule has 4 saturated carbocycles. The highest BCUT2D eigenvalue weighted by Gasteiger charge is 2.72. The Balaban J connectivity index is 1.13. The van der Waals surface area contributed by atoms with Crippen LogP contribution in [0.15, 0.2) is 11.8 Å². The van der Waals surface area contributed by atoms with Crippen molar-refractivity contribution in [3.8, 4) is 0 Å². The Morgan fingerprint density at radius 3 is 2.07 bits per heavy atom. The summed E-state index contributed by atoms with van der Waals surface area (Å²) in [4.78, 5) is 0. The summed E-state index contributed by atoms with van der Waals surface area (Å²) in [5, 5.41) is 97.5. The van der Waals surface area contributed by atoms with Crippen molar-refractivity contribution >= 4 is 0 Å². The predicted molar refractivity (Wildman–Crippen MR) is 196 cm³/mol. The molecule has 2 saturated heterocycles. The maximum absolute atomic E-state index is 12.0. The number of rotatable bonds is 7. The van der Waals surface area contributed by atoms with Gasteiger partial charge in [-0.1, -0.05) is 41.5 Å². The van der Waals surface area contributed by atoms with E-state index in [1.807, 2.05) is 13.2 Å². The Morgan fingerprint density at radius 1 is 0.727 bits per heavy atom. The van der Waals surface area contributed by atoms with Gasteiger partial charge in [-0.25, -0.2) is 0 Å². The van der Waals surface area contributed by atoms with E-state index in [0.717, 1.165) is 32.1 Å². The molecular formula is C41H68O14. The van der Waals surface area contributed by atoms with Crippen LogP contribution in [0.1, 0.15) is 99.8 Å². The highest BCUT2D eigenvalue weighted by atomic mass is 16.7. The Labute approximate surface area is 324 Å². The molecule has 0 aromatic rings. The summed E-state index contributed by atoms with van der Waals surface area (Å²) in [6.07, 6.45) is -8.05. The monoisotopic (exact) mass is 784 g/mol. The molecular weight excluding hydrogens is 716 g/mol. The average Bonchev–Trinajstić information content (AvgIpc) is 3.13. The normalized spacial score (nSPS) is 56.2. The van der Waals surface area contributed by atoms with E-state index in [9.17, 15) is 46.0 Å². The quantitative estimate of drug-likeness (QED) is 0.165.